The van der Waals surface area contributed by atoms with Crippen molar-refractivity contribution in [2.24, 2.45) is 7.05 Å². The van der Waals surface area contributed by atoms with Gasteiger partial charge in [-0.3, -0.25) is 4.79 Å². The Morgan fingerprint density at radius 1 is 1.39 bits per heavy atom. The quantitative estimate of drug-likeness (QED) is 0.791. The standard InChI is InChI=1S/C17H17FN4O/c1-21-8-2-5-15(21)17(23)22-9-3-4-14(22)16-19-12-7-6-11(18)10-13(12)20-16/h2,5-8,10,14H,3-4,9H2,1H3,(H,19,20)/t14-/m0/s1. The van der Waals surface area contributed by atoms with Gasteiger partial charge in [-0.05, 0) is 43.2 Å². The number of carbonyl (C=O) groups is 1. The maximum absolute atomic E-state index is 13.3. The third-order valence-corrected chi connectivity index (χ3v) is 4.45. The van der Waals surface area contributed by atoms with Crippen LogP contribution in [0.3, 0.4) is 0 Å². The summed E-state index contributed by atoms with van der Waals surface area (Å²) in [6.07, 6.45) is 3.66. The normalized spacial score (nSPS) is 18.0. The summed E-state index contributed by atoms with van der Waals surface area (Å²) in [5, 5.41) is 0. The molecule has 1 aromatic carbocycles. The first-order valence-electron chi connectivity index (χ1n) is 7.71. The van der Waals surface area contributed by atoms with Crippen LogP contribution in [0.1, 0.15) is 35.2 Å². The summed E-state index contributed by atoms with van der Waals surface area (Å²) in [7, 11) is 1.86. The van der Waals surface area contributed by atoms with E-state index in [9.17, 15) is 9.18 Å². The van der Waals surface area contributed by atoms with Crippen LogP contribution < -0.4 is 0 Å². The monoisotopic (exact) mass is 312 g/mol. The molecule has 0 spiro atoms. The maximum Gasteiger partial charge on any atom is 0.271 e. The van der Waals surface area contributed by atoms with Gasteiger partial charge in [0.05, 0.1) is 17.1 Å². The number of aromatic amines is 1. The van der Waals surface area contributed by atoms with Crippen molar-refractivity contribution in [1.29, 1.82) is 0 Å². The largest absolute Gasteiger partial charge is 0.347 e. The molecule has 4 rings (SSSR count). The molecule has 6 heteroatoms. The number of amides is 1. The molecule has 0 radical (unpaired) electrons. The molecule has 0 bridgehead atoms. The summed E-state index contributed by atoms with van der Waals surface area (Å²) < 4.78 is 15.2. The molecule has 1 aliphatic rings. The van der Waals surface area contributed by atoms with E-state index in [4.69, 9.17) is 0 Å². The Morgan fingerprint density at radius 2 is 2.26 bits per heavy atom. The lowest BCUT2D eigenvalue weighted by atomic mass is 10.2. The molecule has 23 heavy (non-hydrogen) atoms. The molecule has 0 unspecified atom stereocenters. The van der Waals surface area contributed by atoms with Crippen LogP contribution in [0, 0.1) is 5.82 Å². The molecule has 0 aliphatic carbocycles. The molecule has 3 aromatic rings. The second-order valence-electron chi connectivity index (χ2n) is 5.94. The maximum atomic E-state index is 13.3. The number of hydrogen-bond acceptors (Lipinski definition) is 2. The third kappa shape index (κ3) is 2.30. The van der Waals surface area contributed by atoms with Gasteiger partial charge in [-0.15, -0.1) is 0 Å². The number of imidazole rings is 1. The molecule has 2 aromatic heterocycles. The second kappa shape index (κ2) is 5.22. The first-order chi connectivity index (χ1) is 11.1. The Bertz CT molecular complexity index is 882. The van der Waals surface area contributed by atoms with Crippen molar-refractivity contribution >= 4 is 16.9 Å². The lowest BCUT2D eigenvalue weighted by Crippen LogP contribution is -2.32. The fourth-order valence-corrected chi connectivity index (χ4v) is 3.28. The van der Waals surface area contributed by atoms with E-state index in [0.717, 1.165) is 24.2 Å². The molecule has 1 fully saturated rings. The molecular weight excluding hydrogens is 295 g/mol. The summed E-state index contributed by atoms with van der Waals surface area (Å²) in [4.78, 5) is 22.4. The minimum absolute atomic E-state index is 0.00615. The van der Waals surface area contributed by atoms with E-state index in [1.165, 1.54) is 12.1 Å². The van der Waals surface area contributed by atoms with Gasteiger partial charge >= 0.3 is 0 Å². The number of nitrogens with one attached hydrogen (secondary N) is 1. The summed E-state index contributed by atoms with van der Waals surface area (Å²) in [6.45, 7) is 0.708. The molecule has 1 atom stereocenters. The van der Waals surface area contributed by atoms with Crippen LogP contribution >= 0.6 is 0 Å². The van der Waals surface area contributed by atoms with Crippen LogP contribution in [0.4, 0.5) is 4.39 Å². The van der Waals surface area contributed by atoms with E-state index in [-0.39, 0.29) is 17.8 Å². The van der Waals surface area contributed by atoms with Crippen LogP contribution in [0.2, 0.25) is 0 Å². The Hall–Kier alpha value is -2.63. The van der Waals surface area contributed by atoms with Gasteiger partial charge in [0, 0.05) is 19.8 Å². The van der Waals surface area contributed by atoms with Gasteiger partial charge in [0.25, 0.3) is 5.91 Å². The Labute approximate surface area is 132 Å². The number of benzene rings is 1. The minimum Gasteiger partial charge on any atom is -0.347 e. The summed E-state index contributed by atoms with van der Waals surface area (Å²) in [6, 6.07) is 8.09. The number of H-pyrrole nitrogens is 1. The highest BCUT2D eigenvalue weighted by Crippen LogP contribution is 2.32. The van der Waals surface area contributed by atoms with Crippen molar-refractivity contribution in [2.45, 2.75) is 18.9 Å². The van der Waals surface area contributed by atoms with Crippen LogP contribution in [0.25, 0.3) is 11.0 Å². The van der Waals surface area contributed by atoms with E-state index < -0.39 is 0 Å². The van der Waals surface area contributed by atoms with Gasteiger partial charge in [-0.1, -0.05) is 0 Å². The van der Waals surface area contributed by atoms with Crippen molar-refractivity contribution < 1.29 is 9.18 Å². The summed E-state index contributed by atoms with van der Waals surface area (Å²) in [5.74, 6) is 0.438. The Balaban J connectivity index is 1.69. The van der Waals surface area contributed by atoms with Crippen LogP contribution in [0.15, 0.2) is 36.5 Å². The van der Waals surface area contributed by atoms with Gasteiger partial charge in [0.2, 0.25) is 0 Å². The number of carbonyl (C=O) groups excluding carboxylic acids is 1. The predicted molar refractivity (Wildman–Crippen MR) is 84.5 cm³/mol. The van der Waals surface area contributed by atoms with Crippen LogP contribution in [0.5, 0.6) is 0 Å². The minimum atomic E-state index is -0.295. The average Bonchev–Trinajstić information content (AvgIpc) is 3.23. The number of aromatic nitrogens is 3. The fourth-order valence-electron chi connectivity index (χ4n) is 3.28. The van der Waals surface area contributed by atoms with Gasteiger partial charge in [0.15, 0.2) is 0 Å². The van der Waals surface area contributed by atoms with E-state index in [1.54, 1.807) is 6.07 Å². The molecule has 3 heterocycles. The summed E-state index contributed by atoms with van der Waals surface area (Å²) >= 11 is 0. The number of nitrogens with zero attached hydrogens (tertiary/aromatic N) is 3. The van der Waals surface area contributed by atoms with E-state index >= 15 is 0 Å². The number of likely N-dealkylation sites (tertiary alicyclic amines) is 1. The third-order valence-electron chi connectivity index (χ3n) is 4.45. The van der Waals surface area contributed by atoms with Gasteiger partial charge in [-0.25, -0.2) is 9.37 Å². The van der Waals surface area contributed by atoms with Crippen molar-refractivity contribution in [3.8, 4) is 0 Å². The lowest BCUT2D eigenvalue weighted by molar-refractivity contribution is 0.0721. The molecule has 5 nitrogen and oxygen atoms in total. The molecule has 1 saturated heterocycles. The smallest absolute Gasteiger partial charge is 0.271 e. The Kier molecular flexibility index (Phi) is 3.18. The van der Waals surface area contributed by atoms with E-state index in [2.05, 4.69) is 9.97 Å². The first-order valence-corrected chi connectivity index (χ1v) is 7.71. The van der Waals surface area contributed by atoms with Gasteiger partial charge in [0.1, 0.15) is 17.3 Å². The molecule has 0 saturated carbocycles. The highest BCUT2D eigenvalue weighted by Gasteiger charge is 2.33. The molecule has 1 amide bonds. The zero-order valence-corrected chi connectivity index (χ0v) is 12.8. The highest BCUT2D eigenvalue weighted by molar-refractivity contribution is 5.93. The highest BCUT2D eigenvalue weighted by atomic mass is 19.1. The molecular formula is C17H17FN4O. The number of hydrogen-bond donors (Lipinski definition) is 1. The number of rotatable bonds is 2. The molecule has 1 N–H and O–H groups in total. The number of fused-ring (bicyclic) bond motifs is 1. The van der Waals surface area contributed by atoms with Crippen molar-refractivity contribution in [3.05, 3.63) is 53.9 Å². The zero-order valence-electron chi connectivity index (χ0n) is 12.8. The predicted octanol–water partition coefficient (Wildman–Crippen LogP) is 3.02. The van der Waals surface area contributed by atoms with Crippen LogP contribution in [-0.4, -0.2) is 31.9 Å². The average molecular weight is 312 g/mol. The first kappa shape index (κ1) is 14.0. The number of aryl methyl sites for hydroxylation is 1. The fraction of sp³-hybridized carbons (Fsp3) is 0.294. The second-order valence-corrected chi connectivity index (χ2v) is 5.94. The van der Waals surface area contributed by atoms with Crippen LogP contribution in [-0.2, 0) is 7.05 Å². The Morgan fingerprint density at radius 3 is 3.04 bits per heavy atom. The van der Waals surface area contributed by atoms with Crippen molar-refractivity contribution in [2.75, 3.05) is 6.54 Å². The van der Waals surface area contributed by atoms with E-state index in [0.29, 0.717) is 17.8 Å². The molecule has 1 aliphatic heterocycles. The van der Waals surface area contributed by atoms with Crippen molar-refractivity contribution in [1.82, 2.24) is 19.4 Å². The zero-order chi connectivity index (χ0) is 16.0. The van der Waals surface area contributed by atoms with Gasteiger partial charge in [-0.2, -0.15) is 0 Å². The van der Waals surface area contributed by atoms with Gasteiger partial charge < -0.3 is 14.5 Å². The topological polar surface area (TPSA) is 53.9 Å². The SMILES string of the molecule is Cn1cccc1C(=O)N1CCC[C@H]1c1nc2ccc(F)cc2[nH]1. The summed E-state index contributed by atoms with van der Waals surface area (Å²) in [5.41, 5.74) is 2.05. The molecule has 118 valence electrons. The lowest BCUT2D eigenvalue weighted by Gasteiger charge is -2.23. The van der Waals surface area contributed by atoms with E-state index in [1.807, 2.05) is 34.8 Å². The number of halogens is 1. The van der Waals surface area contributed by atoms with Crippen molar-refractivity contribution in [3.63, 3.8) is 0 Å².